The SMILES string of the molecule is CCCN(CCC)Cc1cc(OC)ccc1C#CCO. The summed E-state index contributed by atoms with van der Waals surface area (Å²) in [6, 6.07) is 5.92. The van der Waals surface area contributed by atoms with Crippen LogP contribution < -0.4 is 4.74 Å². The minimum Gasteiger partial charge on any atom is -0.497 e. The Morgan fingerprint density at radius 3 is 2.45 bits per heavy atom. The summed E-state index contributed by atoms with van der Waals surface area (Å²) in [5.41, 5.74) is 2.13. The number of ether oxygens (including phenoxy) is 1. The highest BCUT2D eigenvalue weighted by Gasteiger charge is 2.08. The summed E-state index contributed by atoms with van der Waals surface area (Å²) < 4.78 is 5.30. The van der Waals surface area contributed by atoms with Crippen molar-refractivity contribution in [3.8, 4) is 17.6 Å². The Morgan fingerprint density at radius 1 is 1.20 bits per heavy atom. The van der Waals surface area contributed by atoms with Gasteiger partial charge in [0.15, 0.2) is 0 Å². The van der Waals surface area contributed by atoms with Crippen molar-refractivity contribution in [1.82, 2.24) is 4.90 Å². The molecule has 1 aromatic rings. The summed E-state index contributed by atoms with van der Waals surface area (Å²) in [5.74, 6) is 6.60. The Balaban J connectivity index is 2.98. The third-order valence-electron chi connectivity index (χ3n) is 3.09. The van der Waals surface area contributed by atoms with E-state index in [2.05, 4.69) is 30.6 Å². The second-order valence-electron chi connectivity index (χ2n) is 4.76. The normalized spacial score (nSPS) is 10.2. The quantitative estimate of drug-likeness (QED) is 0.777. The van der Waals surface area contributed by atoms with Gasteiger partial charge in [0.2, 0.25) is 0 Å². The molecule has 3 heteroatoms. The van der Waals surface area contributed by atoms with Gasteiger partial charge in [-0.2, -0.15) is 0 Å². The molecule has 0 aliphatic heterocycles. The van der Waals surface area contributed by atoms with Crippen molar-refractivity contribution in [2.75, 3.05) is 26.8 Å². The van der Waals surface area contributed by atoms with Crippen molar-refractivity contribution in [2.24, 2.45) is 0 Å². The lowest BCUT2D eigenvalue weighted by atomic mass is 10.1. The average Bonchev–Trinajstić information content (AvgIpc) is 2.46. The summed E-state index contributed by atoms with van der Waals surface area (Å²) in [5, 5.41) is 8.86. The molecule has 0 radical (unpaired) electrons. The van der Waals surface area contributed by atoms with E-state index < -0.39 is 0 Å². The Morgan fingerprint density at radius 2 is 1.90 bits per heavy atom. The molecule has 110 valence electrons. The zero-order chi connectivity index (χ0) is 14.8. The lowest BCUT2D eigenvalue weighted by Gasteiger charge is -2.22. The van der Waals surface area contributed by atoms with Gasteiger partial charge < -0.3 is 9.84 Å². The third kappa shape index (κ3) is 5.24. The second kappa shape index (κ2) is 9.41. The number of hydrogen-bond donors (Lipinski definition) is 1. The van der Waals surface area contributed by atoms with Crippen LogP contribution in [0.1, 0.15) is 37.8 Å². The van der Waals surface area contributed by atoms with E-state index in [-0.39, 0.29) is 6.61 Å². The summed E-state index contributed by atoms with van der Waals surface area (Å²) in [4.78, 5) is 2.43. The molecule has 0 spiro atoms. The minimum absolute atomic E-state index is 0.112. The molecule has 0 unspecified atom stereocenters. The molecule has 1 N–H and O–H groups in total. The maximum absolute atomic E-state index is 8.86. The fraction of sp³-hybridized carbons (Fsp3) is 0.529. The van der Waals surface area contributed by atoms with Crippen LogP contribution in [0.25, 0.3) is 0 Å². The molecule has 0 atom stereocenters. The van der Waals surface area contributed by atoms with Gasteiger partial charge in [-0.05, 0) is 49.7 Å². The topological polar surface area (TPSA) is 32.7 Å². The third-order valence-corrected chi connectivity index (χ3v) is 3.09. The number of aliphatic hydroxyl groups is 1. The number of aliphatic hydroxyl groups excluding tert-OH is 1. The Hall–Kier alpha value is -1.50. The Kier molecular flexibility index (Phi) is 7.79. The van der Waals surface area contributed by atoms with Crippen LogP contribution in [0.2, 0.25) is 0 Å². The van der Waals surface area contributed by atoms with E-state index in [0.717, 1.165) is 49.4 Å². The highest BCUT2D eigenvalue weighted by molar-refractivity contribution is 5.45. The average molecular weight is 275 g/mol. The maximum atomic E-state index is 8.86. The van der Waals surface area contributed by atoms with Crippen molar-refractivity contribution in [2.45, 2.75) is 33.2 Å². The molecule has 0 saturated heterocycles. The monoisotopic (exact) mass is 275 g/mol. The van der Waals surface area contributed by atoms with E-state index in [9.17, 15) is 0 Å². The highest BCUT2D eigenvalue weighted by atomic mass is 16.5. The number of methoxy groups -OCH3 is 1. The van der Waals surface area contributed by atoms with Crippen LogP contribution >= 0.6 is 0 Å². The van der Waals surface area contributed by atoms with E-state index >= 15 is 0 Å². The molecule has 0 aliphatic carbocycles. The molecule has 1 rings (SSSR count). The van der Waals surface area contributed by atoms with Gasteiger partial charge in [0, 0.05) is 12.1 Å². The molecule has 0 aromatic heterocycles. The van der Waals surface area contributed by atoms with Crippen molar-refractivity contribution in [1.29, 1.82) is 0 Å². The van der Waals surface area contributed by atoms with E-state index in [1.54, 1.807) is 7.11 Å². The standard InChI is InChI=1S/C17H25NO2/c1-4-10-18(11-5-2)14-16-13-17(20-3)9-8-15(16)7-6-12-19/h8-9,13,19H,4-5,10-12,14H2,1-3H3. The maximum Gasteiger partial charge on any atom is 0.119 e. The molecular formula is C17H25NO2. The first-order valence-electron chi connectivity index (χ1n) is 7.24. The van der Waals surface area contributed by atoms with E-state index in [1.165, 1.54) is 0 Å². The van der Waals surface area contributed by atoms with Crippen molar-refractivity contribution in [3.63, 3.8) is 0 Å². The first kappa shape index (κ1) is 16.6. The van der Waals surface area contributed by atoms with Crippen molar-refractivity contribution < 1.29 is 9.84 Å². The van der Waals surface area contributed by atoms with Gasteiger partial charge in [-0.3, -0.25) is 4.90 Å². The Bertz CT molecular complexity index is 454. The number of rotatable bonds is 7. The fourth-order valence-corrected chi connectivity index (χ4v) is 2.23. The molecular weight excluding hydrogens is 250 g/mol. The molecule has 0 aliphatic rings. The summed E-state index contributed by atoms with van der Waals surface area (Å²) in [7, 11) is 1.67. The lowest BCUT2D eigenvalue weighted by Crippen LogP contribution is -2.25. The molecule has 0 heterocycles. The first-order chi connectivity index (χ1) is 9.74. The molecule has 3 nitrogen and oxygen atoms in total. The van der Waals surface area contributed by atoms with Crippen LogP contribution in [-0.2, 0) is 6.54 Å². The van der Waals surface area contributed by atoms with E-state index in [1.807, 2.05) is 18.2 Å². The summed E-state index contributed by atoms with van der Waals surface area (Å²) in [6.07, 6.45) is 2.28. The Labute approximate surface area is 122 Å². The molecule has 0 fully saturated rings. The molecule has 0 saturated carbocycles. The van der Waals surface area contributed by atoms with Gasteiger partial charge >= 0.3 is 0 Å². The number of benzene rings is 1. The van der Waals surface area contributed by atoms with Crippen LogP contribution in [0.5, 0.6) is 5.75 Å². The number of nitrogens with zero attached hydrogens (tertiary/aromatic N) is 1. The van der Waals surface area contributed by atoms with Crippen LogP contribution in [-0.4, -0.2) is 36.8 Å². The van der Waals surface area contributed by atoms with Crippen LogP contribution in [0.3, 0.4) is 0 Å². The van der Waals surface area contributed by atoms with Gasteiger partial charge in [0.25, 0.3) is 0 Å². The number of hydrogen-bond acceptors (Lipinski definition) is 3. The molecule has 20 heavy (non-hydrogen) atoms. The molecule has 0 amide bonds. The van der Waals surface area contributed by atoms with E-state index in [4.69, 9.17) is 9.84 Å². The highest BCUT2D eigenvalue weighted by Crippen LogP contribution is 2.19. The second-order valence-corrected chi connectivity index (χ2v) is 4.76. The van der Waals surface area contributed by atoms with Gasteiger partial charge in [-0.15, -0.1) is 0 Å². The van der Waals surface area contributed by atoms with Gasteiger partial charge in [-0.25, -0.2) is 0 Å². The molecule has 0 bridgehead atoms. The van der Waals surface area contributed by atoms with Gasteiger partial charge in [0.1, 0.15) is 12.4 Å². The zero-order valence-corrected chi connectivity index (χ0v) is 12.8. The lowest BCUT2D eigenvalue weighted by molar-refractivity contribution is 0.266. The summed E-state index contributed by atoms with van der Waals surface area (Å²) in [6.45, 7) is 7.31. The predicted molar refractivity (Wildman–Crippen MR) is 82.8 cm³/mol. The molecule has 1 aromatic carbocycles. The zero-order valence-electron chi connectivity index (χ0n) is 12.8. The van der Waals surface area contributed by atoms with Crippen LogP contribution in [0.4, 0.5) is 0 Å². The van der Waals surface area contributed by atoms with Gasteiger partial charge in [-0.1, -0.05) is 25.7 Å². The summed E-state index contributed by atoms with van der Waals surface area (Å²) >= 11 is 0. The van der Waals surface area contributed by atoms with Gasteiger partial charge in [0.05, 0.1) is 7.11 Å². The van der Waals surface area contributed by atoms with Crippen molar-refractivity contribution >= 4 is 0 Å². The first-order valence-corrected chi connectivity index (χ1v) is 7.24. The van der Waals surface area contributed by atoms with Crippen LogP contribution in [0.15, 0.2) is 18.2 Å². The smallest absolute Gasteiger partial charge is 0.119 e. The largest absolute Gasteiger partial charge is 0.497 e. The van der Waals surface area contributed by atoms with E-state index in [0.29, 0.717) is 0 Å². The minimum atomic E-state index is -0.112. The predicted octanol–water partition coefficient (Wildman–Crippen LogP) is 2.66. The fourth-order valence-electron chi connectivity index (χ4n) is 2.23. The van der Waals surface area contributed by atoms with Crippen molar-refractivity contribution in [3.05, 3.63) is 29.3 Å². The van der Waals surface area contributed by atoms with Crippen LogP contribution in [0, 0.1) is 11.8 Å².